The average Bonchev–Trinajstić information content (AvgIpc) is 3.03. The van der Waals surface area contributed by atoms with Crippen molar-refractivity contribution in [3.05, 3.63) is 24.3 Å². The van der Waals surface area contributed by atoms with Crippen molar-refractivity contribution in [1.82, 2.24) is 10.2 Å². The smallest absolute Gasteiger partial charge is 0.290 e. The number of nitrogens with one attached hydrogen (secondary N) is 2. The van der Waals surface area contributed by atoms with Gasteiger partial charge in [-0.3, -0.25) is 19.3 Å². The SMILES string of the molecule is COc1ccccc1NC(=O)CN1C[C@H]2C[C@@H](NC(C)=O)[C@H](O)C[C@H]2C1.O=CO. The van der Waals surface area contributed by atoms with Gasteiger partial charge in [0.05, 0.1) is 31.5 Å². The van der Waals surface area contributed by atoms with Crippen molar-refractivity contribution in [2.75, 3.05) is 32.1 Å². The molecule has 3 rings (SSSR count). The molecule has 0 radical (unpaired) electrons. The number of nitrogens with zero attached hydrogens (tertiary/aromatic N) is 1. The first-order chi connectivity index (χ1) is 13.9. The Labute approximate surface area is 170 Å². The molecule has 1 heterocycles. The van der Waals surface area contributed by atoms with Gasteiger partial charge in [0.15, 0.2) is 0 Å². The number of ether oxygens (including phenoxy) is 1. The van der Waals surface area contributed by atoms with Crippen molar-refractivity contribution in [3.8, 4) is 5.75 Å². The minimum atomic E-state index is -0.512. The van der Waals surface area contributed by atoms with Crippen LogP contribution in [0.5, 0.6) is 5.75 Å². The van der Waals surface area contributed by atoms with E-state index in [-0.39, 0.29) is 24.3 Å². The van der Waals surface area contributed by atoms with E-state index in [0.29, 0.717) is 36.2 Å². The second kappa shape index (κ2) is 10.8. The molecule has 0 aromatic heterocycles. The molecular weight excluding hydrogens is 378 g/mol. The highest BCUT2D eigenvalue weighted by molar-refractivity contribution is 5.93. The summed E-state index contributed by atoms with van der Waals surface area (Å²) in [5, 5.41) is 22.9. The number of methoxy groups -OCH3 is 1. The van der Waals surface area contributed by atoms with E-state index in [1.165, 1.54) is 6.92 Å². The molecular formula is C20H29N3O6. The first kappa shape index (κ1) is 22.6. The fraction of sp³-hybridized carbons (Fsp3) is 0.550. The number of rotatable bonds is 5. The third-order valence-corrected chi connectivity index (χ3v) is 5.35. The van der Waals surface area contributed by atoms with Gasteiger partial charge in [0.2, 0.25) is 11.8 Å². The van der Waals surface area contributed by atoms with Crippen LogP contribution >= 0.6 is 0 Å². The number of anilines is 1. The molecule has 0 spiro atoms. The molecule has 4 atom stereocenters. The predicted molar refractivity (Wildman–Crippen MR) is 107 cm³/mol. The second-order valence-corrected chi connectivity index (χ2v) is 7.41. The molecule has 0 unspecified atom stereocenters. The number of para-hydroxylation sites is 2. The van der Waals surface area contributed by atoms with Gasteiger partial charge >= 0.3 is 0 Å². The number of aliphatic hydroxyl groups is 1. The van der Waals surface area contributed by atoms with E-state index in [9.17, 15) is 14.7 Å². The fourth-order valence-electron chi connectivity index (χ4n) is 4.21. The summed E-state index contributed by atoms with van der Waals surface area (Å²) >= 11 is 0. The van der Waals surface area contributed by atoms with Gasteiger partial charge in [-0.15, -0.1) is 0 Å². The third-order valence-electron chi connectivity index (χ3n) is 5.35. The molecule has 1 aromatic carbocycles. The van der Waals surface area contributed by atoms with Gasteiger partial charge < -0.3 is 25.6 Å². The molecule has 0 bridgehead atoms. The molecule has 2 fully saturated rings. The average molecular weight is 407 g/mol. The zero-order valence-corrected chi connectivity index (χ0v) is 16.7. The van der Waals surface area contributed by atoms with Gasteiger partial charge in [-0.2, -0.15) is 0 Å². The number of fused-ring (bicyclic) bond motifs is 1. The Kier molecular flexibility index (Phi) is 8.41. The number of amides is 2. The zero-order chi connectivity index (χ0) is 21.4. The Morgan fingerprint density at radius 2 is 1.86 bits per heavy atom. The van der Waals surface area contributed by atoms with Gasteiger partial charge in [-0.1, -0.05) is 12.1 Å². The number of carbonyl (C=O) groups excluding carboxylic acids is 2. The monoisotopic (exact) mass is 407 g/mol. The van der Waals surface area contributed by atoms with Crippen molar-refractivity contribution >= 4 is 24.0 Å². The molecule has 2 aliphatic rings. The van der Waals surface area contributed by atoms with Crippen LogP contribution in [0.3, 0.4) is 0 Å². The minimum Gasteiger partial charge on any atom is -0.495 e. The topological polar surface area (TPSA) is 128 Å². The maximum Gasteiger partial charge on any atom is 0.290 e. The lowest BCUT2D eigenvalue weighted by molar-refractivity contribution is -0.123. The fourth-order valence-corrected chi connectivity index (χ4v) is 4.21. The number of hydrogen-bond acceptors (Lipinski definition) is 6. The molecule has 160 valence electrons. The Morgan fingerprint density at radius 1 is 1.24 bits per heavy atom. The van der Waals surface area contributed by atoms with Gasteiger partial charge in [0.25, 0.3) is 6.47 Å². The van der Waals surface area contributed by atoms with Crippen LogP contribution in [-0.2, 0) is 14.4 Å². The van der Waals surface area contributed by atoms with E-state index >= 15 is 0 Å². The Balaban J connectivity index is 0.000000941. The summed E-state index contributed by atoms with van der Waals surface area (Å²) in [6.45, 7) is 3.15. The van der Waals surface area contributed by atoms with Crippen molar-refractivity contribution < 1.29 is 29.3 Å². The minimum absolute atomic E-state index is 0.0768. The van der Waals surface area contributed by atoms with Gasteiger partial charge in [0.1, 0.15) is 5.75 Å². The molecule has 1 aliphatic carbocycles. The largest absolute Gasteiger partial charge is 0.495 e. The van der Waals surface area contributed by atoms with Crippen LogP contribution < -0.4 is 15.4 Å². The maximum absolute atomic E-state index is 12.4. The van der Waals surface area contributed by atoms with E-state index in [2.05, 4.69) is 15.5 Å². The van der Waals surface area contributed by atoms with E-state index < -0.39 is 6.10 Å². The van der Waals surface area contributed by atoms with Crippen LogP contribution in [-0.4, -0.2) is 72.3 Å². The number of aliphatic hydroxyl groups excluding tert-OH is 1. The molecule has 29 heavy (non-hydrogen) atoms. The van der Waals surface area contributed by atoms with E-state index in [4.69, 9.17) is 14.6 Å². The van der Waals surface area contributed by atoms with E-state index in [0.717, 1.165) is 19.5 Å². The predicted octanol–water partition coefficient (Wildman–Crippen LogP) is 0.542. The lowest BCUT2D eigenvalue weighted by atomic mass is 9.77. The summed E-state index contributed by atoms with van der Waals surface area (Å²) < 4.78 is 5.26. The molecule has 2 amide bonds. The van der Waals surface area contributed by atoms with E-state index in [1.54, 1.807) is 7.11 Å². The first-order valence-electron chi connectivity index (χ1n) is 9.56. The van der Waals surface area contributed by atoms with Crippen molar-refractivity contribution in [2.45, 2.75) is 31.9 Å². The number of benzene rings is 1. The van der Waals surface area contributed by atoms with Crippen LogP contribution in [0.1, 0.15) is 19.8 Å². The molecule has 1 saturated heterocycles. The highest BCUT2D eigenvalue weighted by atomic mass is 16.5. The summed E-state index contributed by atoms with van der Waals surface area (Å²) in [4.78, 5) is 34.2. The molecule has 9 heteroatoms. The molecule has 9 nitrogen and oxygen atoms in total. The number of carbonyl (C=O) groups is 3. The zero-order valence-electron chi connectivity index (χ0n) is 16.7. The first-order valence-corrected chi connectivity index (χ1v) is 9.56. The molecule has 1 aliphatic heterocycles. The highest BCUT2D eigenvalue weighted by Crippen LogP contribution is 2.36. The van der Waals surface area contributed by atoms with Gasteiger partial charge in [0, 0.05) is 20.0 Å². The second-order valence-electron chi connectivity index (χ2n) is 7.41. The summed E-state index contributed by atoms with van der Waals surface area (Å²) in [6.07, 6.45) is 0.915. The summed E-state index contributed by atoms with van der Waals surface area (Å²) in [6, 6.07) is 7.15. The van der Waals surface area contributed by atoms with Crippen LogP contribution in [0.25, 0.3) is 0 Å². The molecule has 1 saturated carbocycles. The lowest BCUT2D eigenvalue weighted by Gasteiger charge is -2.35. The quantitative estimate of drug-likeness (QED) is 0.525. The number of likely N-dealkylation sites (tertiary alicyclic amines) is 1. The van der Waals surface area contributed by atoms with Crippen LogP contribution in [0, 0.1) is 11.8 Å². The van der Waals surface area contributed by atoms with E-state index in [1.807, 2.05) is 24.3 Å². The number of hydrogen-bond donors (Lipinski definition) is 4. The Hall–Kier alpha value is -2.65. The van der Waals surface area contributed by atoms with Crippen LogP contribution in [0.15, 0.2) is 24.3 Å². The van der Waals surface area contributed by atoms with Crippen molar-refractivity contribution in [1.29, 1.82) is 0 Å². The summed E-state index contributed by atoms with van der Waals surface area (Å²) in [5.74, 6) is 1.21. The van der Waals surface area contributed by atoms with Gasteiger partial charge in [-0.25, -0.2) is 0 Å². The lowest BCUT2D eigenvalue weighted by Crippen LogP contribution is -2.48. The molecule has 4 N–H and O–H groups in total. The standard InChI is InChI=1S/C19H27N3O4.CH2O2/c1-12(23)20-16-7-13-9-22(10-14(13)8-17(16)24)11-19(25)21-15-5-3-4-6-18(15)26-2;2-1-3/h3-6,13-14,16-17,24H,7-11H2,1-2H3,(H,20,23)(H,21,25);1H,(H,2,3)/t13-,14+,16-,17-;/m1./s1. The Bertz CT molecular complexity index is 713. The van der Waals surface area contributed by atoms with Crippen LogP contribution in [0.2, 0.25) is 0 Å². The number of carboxylic acid groups (broad SMARTS) is 1. The highest BCUT2D eigenvalue weighted by Gasteiger charge is 2.42. The Morgan fingerprint density at radius 3 is 2.48 bits per heavy atom. The third kappa shape index (κ3) is 6.43. The molecule has 1 aromatic rings. The van der Waals surface area contributed by atoms with Crippen LogP contribution in [0.4, 0.5) is 5.69 Å². The normalized spacial score (nSPS) is 25.8. The van der Waals surface area contributed by atoms with Gasteiger partial charge in [-0.05, 0) is 36.8 Å². The summed E-state index contributed by atoms with van der Waals surface area (Å²) in [5.41, 5.74) is 0.665. The maximum atomic E-state index is 12.4. The van der Waals surface area contributed by atoms with Crippen molar-refractivity contribution in [3.63, 3.8) is 0 Å². The summed E-state index contributed by atoms with van der Waals surface area (Å²) in [7, 11) is 1.58. The van der Waals surface area contributed by atoms with Crippen molar-refractivity contribution in [2.24, 2.45) is 11.8 Å².